The van der Waals surface area contributed by atoms with Crippen LogP contribution in [0.1, 0.15) is 69.4 Å². The zero-order valence-electron chi connectivity index (χ0n) is 23.4. The van der Waals surface area contributed by atoms with Crippen molar-refractivity contribution in [3.05, 3.63) is 52.9 Å². The first kappa shape index (κ1) is 29.6. The van der Waals surface area contributed by atoms with E-state index in [9.17, 15) is 34.2 Å². The minimum atomic E-state index is -1.10. The van der Waals surface area contributed by atoms with E-state index in [1.807, 2.05) is 26.0 Å². The van der Waals surface area contributed by atoms with Crippen LogP contribution in [0.5, 0.6) is 0 Å². The minimum Gasteiger partial charge on any atom is -0.511 e. The van der Waals surface area contributed by atoms with Crippen LogP contribution in [-0.4, -0.2) is 62.6 Å². The number of aromatic nitrogens is 1. The molecule has 1 aromatic heterocycles. The van der Waals surface area contributed by atoms with Crippen molar-refractivity contribution in [2.75, 3.05) is 6.61 Å². The molecule has 1 aromatic carbocycles. The van der Waals surface area contributed by atoms with Crippen molar-refractivity contribution in [1.82, 2.24) is 10.3 Å². The van der Waals surface area contributed by atoms with E-state index in [2.05, 4.69) is 15.3 Å². The number of carbonyl (C=O) groups is 5. The Hall–Kier alpha value is -4.41. The first-order valence-electron chi connectivity index (χ1n) is 13.6. The summed E-state index contributed by atoms with van der Waals surface area (Å²) < 4.78 is 4.81. The van der Waals surface area contributed by atoms with Gasteiger partial charge in [-0.15, -0.1) is 0 Å². The quantitative estimate of drug-likeness (QED) is 0.206. The zero-order valence-corrected chi connectivity index (χ0v) is 23.4. The van der Waals surface area contributed by atoms with Gasteiger partial charge in [-0.1, -0.05) is 32.0 Å². The fraction of sp³-hybridized carbons (Fsp3) is 0.433. The average molecular weight is 564 g/mol. The van der Waals surface area contributed by atoms with Gasteiger partial charge in [0, 0.05) is 24.1 Å². The van der Waals surface area contributed by atoms with Gasteiger partial charge in [-0.3, -0.25) is 19.2 Å². The van der Waals surface area contributed by atoms with Gasteiger partial charge in [0.2, 0.25) is 0 Å². The van der Waals surface area contributed by atoms with Gasteiger partial charge in [-0.25, -0.2) is 14.8 Å². The van der Waals surface area contributed by atoms with E-state index in [1.165, 1.54) is 0 Å². The van der Waals surface area contributed by atoms with Gasteiger partial charge in [-0.2, -0.15) is 0 Å². The standard InChI is InChI=1S/C17H17N3O3.C13H16O5/c1-9(2)17(3)16(23)19-14(20-17)13-11(15(21)22)8-10-6-4-5-7-12(10)18-13;1-2-18-13(17)8-5-9(14)11(10(15)6-8)12(16)7-3-4-7/h4-9H,1-3H3,(H,21,22)(H,19,20,23);7-8,16H,2-6H2,1H3. The number of hydrogen-bond donors (Lipinski definition) is 3. The summed E-state index contributed by atoms with van der Waals surface area (Å²) in [6.45, 7) is 7.44. The van der Waals surface area contributed by atoms with Crippen LogP contribution in [0.3, 0.4) is 0 Å². The highest BCUT2D eigenvalue weighted by atomic mass is 16.5. The number of aliphatic imine (C=N–C) groups is 1. The lowest BCUT2D eigenvalue weighted by molar-refractivity contribution is -0.151. The Morgan fingerprint density at radius 3 is 2.24 bits per heavy atom. The number of fused-ring (bicyclic) bond motifs is 1. The number of aliphatic hydroxyl groups excluding tert-OH is 1. The molecule has 2 aromatic rings. The van der Waals surface area contributed by atoms with Crippen LogP contribution >= 0.6 is 0 Å². The van der Waals surface area contributed by atoms with Crippen molar-refractivity contribution >= 4 is 46.2 Å². The summed E-state index contributed by atoms with van der Waals surface area (Å²) in [5.74, 6) is -3.34. The molecule has 0 bridgehead atoms. The van der Waals surface area contributed by atoms with Crippen LogP contribution in [-0.2, 0) is 23.9 Å². The number of carboxylic acid groups (broad SMARTS) is 1. The highest BCUT2D eigenvalue weighted by Gasteiger charge is 2.43. The number of rotatable bonds is 6. The van der Waals surface area contributed by atoms with Crippen molar-refractivity contribution in [3.63, 3.8) is 0 Å². The number of aliphatic hydroxyl groups is 1. The summed E-state index contributed by atoms with van der Waals surface area (Å²) in [5, 5.41) is 22.7. The third-order valence-corrected chi connectivity index (χ3v) is 7.60. The molecule has 5 rings (SSSR count). The smallest absolute Gasteiger partial charge is 0.338 e. The molecule has 11 nitrogen and oxygen atoms in total. The molecular formula is C30H33N3O8. The molecule has 0 radical (unpaired) electrons. The monoisotopic (exact) mass is 563 g/mol. The molecule has 1 aliphatic heterocycles. The second-order valence-electron chi connectivity index (χ2n) is 10.8. The van der Waals surface area contributed by atoms with Crippen LogP contribution < -0.4 is 5.32 Å². The normalized spacial score (nSPS) is 22.2. The maximum absolute atomic E-state index is 12.3. The summed E-state index contributed by atoms with van der Waals surface area (Å²) in [6.07, 6.45) is 1.54. The Morgan fingerprint density at radius 1 is 1.07 bits per heavy atom. The Kier molecular flexibility index (Phi) is 8.37. The number of pyridine rings is 1. The number of amides is 1. The van der Waals surface area contributed by atoms with Crippen molar-refractivity contribution < 1.29 is 38.9 Å². The van der Waals surface area contributed by atoms with E-state index in [0.717, 1.165) is 18.2 Å². The maximum atomic E-state index is 12.3. The highest BCUT2D eigenvalue weighted by Crippen LogP contribution is 2.39. The van der Waals surface area contributed by atoms with E-state index in [4.69, 9.17) is 4.74 Å². The van der Waals surface area contributed by atoms with E-state index in [1.54, 1.807) is 32.0 Å². The number of hydrogen-bond acceptors (Lipinski definition) is 9. The number of Topliss-reactive ketones (excluding diaryl/α,β-unsaturated/α-hetero) is 2. The number of allylic oxidation sites excluding steroid dienone is 2. The van der Waals surface area contributed by atoms with Crippen molar-refractivity contribution in [1.29, 1.82) is 0 Å². The average Bonchev–Trinajstić information content (AvgIpc) is 3.72. The molecule has 1 unspecified atom stereocenters. The van der Waals surface area contributed by atoms with E-state index in [-0.39, 0.29) is 65.6 Å². The van der Waals surface area contributed by atoms with Crippen molar-refractivity contribution in [2.24, 2.45) is 22.7 Å². The molecule has 2 aliphatic carbocycles. The Morgan fingerprint density at radius 2 is 1.71 bits per heavy atom. The molecule has 11 heteroatoms. The summed E-state index contributed by atoms with van der Waals surface area (Å²) in [4.78, 5) is 67.9. The maximum Gasteiger partial charge on any atom is 0.338 e. The zero-order chi connectivity index (χ0) is 30.1. The number of carboxylic acids is 1. The Labute approximate surface area is 236 Å². The molecule has 216 valence electrons. The SMILES string of the molecule is CC(C)C1(C)N=C(c2nc3ccccc3cc2C(=O)O)NC1=O.CCOC(=O)C1CC(=O)C(=C(O)C2CC2)C(=O)C1. The minimum absolute atomic E-state index is 0.0197. The number of ketones is 2. The van der Waals surface area contributed by atoms with Gasteiger partial charge in [0.1, 0.15) is 17.0 Å². The molecule has 0 spiro atoms. The summed E-state index contributed by atoms with van der Waals surface area (Å²) >= 11 is 0. The summed E-state index contributed by atoms with van der Waals surface area (Å²) in [6, 6.07) is 8.79. The number of ether oxygens (including phenoxy) is 1. The molecule has 3 N–H and O–H groups in total. The van der Waals surface area contributed by atoms with E-state index < -0.39 is 35.0 Å². The number of aromatic carboxylic acids is 1. The Balaban J connectivity index is 0.000000195. The van der Waals surface area contributed by atoms with Crippen LogP contribution in [0.15, 0.2) is 46.7 Å². The second-order valence-corrected chi connectivity index (χ2v) is 10.8. The van der Waals surface area contributed by atoms with Crippen LogP contribution in [0, 0.1) is 17.8 Å². The van der Waals surface area contributed by atoms with Crippen LogP contribution in [0.2, 0.25) is 0 Å². The van der Waals surface area contributed by atoms with Crippen LogP contribution in [0.25, 0.3) is 10.9 Å². The first-order valence-corrected chi connectivity index (χ1v) is 13.6. The number of nitrogens with zero attached hydrogens (tertiary/aromatic N) is 2. The molecule has 1 amide bonds. The lowest BCUT2D eigenvalue weighted by atomic mass is 9.82. The molecule has 2 heterocycles. The molecule has 1 atom stereocenters. The lowest BCUT2D eigenvalue weighted by Gasteiger charge is -2.21. The Bertz CT molecular complexity index is 1480. The number of nitrogens with one attached hydrogen (secondary N) is 1. The topological polar surface area (TPSA) is 172 Å². The largest absolute Gasteiger partial charge is 0.511 e. The molecule has 2 saturated carbocycles. The third-order valence-electron chi connectivity index (χ3n) is 7.60. The van der Waals surface area contributed by atoms with Gasteiger partial charge in [-0.05, 0) is 44.7 Å². The second kappa shape index (κ2) is 11.6. The number of carbonyl (C=O) groups excluding carboxylic acids is 4. The van der Waals surface area contributed by atoms with Gasteiger partial charge in [0.15, 0.2) is 17.4 Å². The van der Waals surface area contributed by atoms with Gasteiger partial charge in [0.25, 0.3) is 5.91 Å². The van der Waals surface area contributed by atoms with E-state index in [0.29, 0.717) is 5.52 Å². The number of amidine groups is 1. The first-order chi connectivity index (χ1) is 19.4. The molecule has 0 saturated heterocycles. The highest BCUT2D eigenvalue weighted by molar-refractivity contribution is 6.23. The molecule has 41 heavy (non-hydrogen) atoms. The van der Waals surface area contributed by atoms with Gasteiger partial charge >= 0.3 is 11.9 Å². The fourth-order valence-corrected chi connectivity index (χ4v) is 4.66. The molecule has 2 fully saturated rings. The van der Waals surface area contributed by atoms with Crippen molar-refractivity contribution in [3.8, 4) is 0 Å². The van der Waals surface area contributed by atoms with Gasteiger partial charge in [0.05, 0.1) is 29.2 Å². The van der Waals surface area contributed by atoms with Gasteiger partial charge < -0.3 is 20.3 Å². The van der Waals surface area contributed by atoms with Crippen molar-refractivity contribution in [2.45, 2.75) is 58.9 Å². The number of esters is 1. The lowest BCUT2D eigenvalue weighted by Crippen LogP contribution is -2.41. The molecule has 3 aliphatic rings. The van der Waals surface area contributed by atoms with Crippen LogP contribution in [0.4, 0.5) is 0 Å². The number of para-hydroxylation sites is 1. The molecular weight excluding hydrogens is 530 g/mol. The predicted molar refractivity (Wildman–Crippen MR) is 148 cm³/mol. The summed E-state index contributed by atoms with van der Waals surface area (Å²) in [7, 11) is 0. The number of benzene rings is 1. The predicted octanol–water partition coefficient (Wildman–Crippen LogP) is 3.54. The summed E-state index contributed by atoms with van der Waals surface area (Å²) in [5.41, 5.74) is -0.136. The third kappa shape index (κ3) is 6.03. The fourth-order valence-electron chi connectivity index (χ4n) is 4.66. The van der Waals surface area contributed by atoms with E-state index >= 15 is 0 Å².